The van der Waals surface area contributed by atoms with E-state index in [4.69, 9.17) is 5.73 Å². The fourth-order valence-corrected chi connectivity index (χ4v) is 2.49. The molecule has 1 saturated heterocycles. The van der Waals surface area contributed by atoms with Gasteiger partial charge >= 0.3 is 0 Å². The van der Waals surface area contributed by atoms with Crippen LogP contribution >= 0.6 is 0 Å². The lowest BCUT2D eigenvalue weighted by Crippen LogP contribution is -2.34. The van der Waals surface area contributed by atoms with E-state index in [1.807, 2.05) is 12.4 Å². The minimum Gasteiger partial charge on any atom is -0.329 e. The van der Waals surface area contributed by atoms with Crippen molar-refractivity contribution < 1.29 is 0 Å². The Balaban J connectivity index is 1.73. The van der Waals surface area contributed by atoms with E-state index in [9.17, 15) is 0 Å². The van der Waals surface area contributed by atoms with Crippen LogP contribution in [-0.4, -0.2) is 60.6 Å². The molecular weight excluding hydrogens is 224 g/mol. The first-order valence-electron chi connectivity index (χ1n) is 6.92. The van der Waals surface area contributed by atoms with E-state index in [-0.39, 0.29) is 0 Å². The third-order valence-corrected chi connectivity index (χ3v) is 3.59. The van der Waals surface area contributed by atoms with Crippen LogP contribution in [0.4, 0.5) is 0 Å². The minimum atomic E-state index is 0.775. The van der Waals surface area contributed by atoms with Crippen molar-refractivity contribution in [1.82, 2.24) is 14.8 Å². The van der Waals surface area contributed by atoms with Crippen LogP contribution < -0.4 is 5.73 Å². The lowest BCUT2D eigenvalue weighted by molar-refractivity contribution is 0.262. The van der Waals surface area contributed by atoms with Crippen LogP contribution in [0.3, 0.4) is 0 Å². The number of hydrogen-bond donors (Lipinski definition) is 1. The molecule has 1 aliphatic rings. The Morgan fingerprint density at radius 1 is 1.00 bits per heavy atom. The summed E-state index contributed by atoms with van der Waals surface area (Å²) < 4.78 is 0. The summed E-state index contributed by atoms with van der Waals surface area (Å²) in [5.74, 6) is 0. The van der Waals surface area contributed by atoms with Crippen molar-refractivity contribution in [2.45, 2.75) is 12.8 Å². The molecule has 0 spiro atoms. The second-order valence-electron chi connectivity index (χ2n) is 4.93. The number of pyridine rings is 1. The highest BCUT2D eigenvalue weighted by molar-refractivity contribution is 5.09. The molecule has 0 saturated carbocycles. The molecule has 0 bridgehead atoms. The van der Waals surface area contributed by atoms with Gasteiger partial charge in [-0.1, -0.05) is 0 Å². The zero-order valence-electron chi connectivity index (χ0n) is 11.1. The minimum absolute atomic E-state index is 0.775. The van der Waals surface area contributed by atoms with Gasteiger partial charge in [-0.05, 0) is 43.6 Å². The predicted octanol–water partition coefficient (Wildman–Crippen LogP) is 0.591. The highest BCUT2D eigenvalue weighted by atomic mass is 15.2. The average molecular weight is 248 g/mol. The van der Waals surface area contributed by atoms with E-state index in [1.54, 1.807) is 0 Å². The third kappa shape index (κ3) is 4.37. The number of nitrogens with zero attached hydrogens (tertiary/aromatic N) is 3. The third-order valence-electron chi connectivity index (χ3n) is 3.59. The maximum Gasteiger partial charge on any atom is 0.0270 e. The normalized spacial score (nSPS) is 18.7. The fourth-order valence-electron chi connectivity index (χ4n) is 2.49. The molecule has 0 radical (unpaired) electrons. The van der Waals surface area contributed by atoms with Crippen LogP contribution in [0.5, 0.6) is 0 Å². The molecule has 18 heavy (non-hydrogen) atoms. The quantitative estimate of drug-likeness (QED) is 0.828. The Kier molecular flexibility index (Phi) is 5.58. The van der Waals surface area contributed by atoms with Crippen LogP contribution in [0.25, 0.3) is 0 Å². The van der Waals surface area contributed by atoms with Crippen LogP contribution in [0, 0.1) is 0 Å². The highest BCUT2D eigenvalue weighted by Gasteiger charge is 2.13. The Morgan fingerprint density at radius 2 is 1.67 bits per heavy atom. The fraction of sp³-hybridized carbons (Fsp3) is 0.643. The van der Waals surface area contributed by atoms with E-state index in [1.165, 1.54) is 31.6 Å². The summed E-state index contributed by atoms with van der Waals surface area (Å²) in [6, 6.07) is 4.22. The average Bonchev–Trinajstić information content (AvgIpc) is 2.64. The summed E-state index contributed by atoms with van der Waals surface area (Å²) in [6.07, 6.45) is 6.14. The Morgan fingerprint density at radius 3 is 2.33 bits per heavy atom. The molecule has 1 aliphatic heterocycles. The van der Waals surface area contributed by atoms with Crippen LogP contribution in [0.1, 0.15) is 12.0 Å². The summed E-state index contributed by atoms with van der Waals surface area (Å²) in [5.41, 5.74) is 7.00. The first-order valence-corrected chi connectivity index (χ1v) is 6.92. The first-order chi connectivity index (χ1) is 8.88. The molecule has 1 fully saturated rings. The molecule has 0 unspecified atom stereocenters. The van der Waals surface area contributed by atoms with Gasteiger partial charge in [0.25, 0.3) is 0 Å². The maximum absolute atomic E-state index is 5.62. The molecule has 2 N–H and O–H groups in total. The molecular formula is C14H24N4. The largest absolute Gasteiger partial charge is 0.329 e. The Bertz CT molecular complexity index is 328. The number of nitrogens with two attached hydrogens (primary N) is 1. The molecule has 2 rings (SSSR count). The number of hydrogen-bond acceptors (Lipinski definition) is 4. The van der Waals surface area contributed by atoms with Gasteiger partial charge in [0.1, 0.15) is 0 Å². The van der Waals surface area contributed by atoms with Crippen molar-refractivity contribution in [3.05, 3.63) is 30.1 Å². The van der Waals surface area contributed by atoms with Gasteiger partial charge in [-0.3, -0.25) is 4.98 Å². The van der Waals surface area contributed by atoms with Gasteiger partial charge in [0, 0.05) is 45.1 Å². The van der Waals surface area contributed by atoms with E-state index in [0.717, 1.165) is 32.6 Å². The SMILES string of the molecule is NCCN1CCCN(CCc2ccncc2)CC1. The standard InChI is InChI=1S/C14H24N4/c15-5-11-18-9-1-8-17(12-13-18)10-4-14-2-6-16-7-3-14/h2-3,6-7H,1,4-5,8-13,15H2. The van der Waals surface area contributed by atoms with Crippen molar-refractivity contribution >= 4 is 0 Å². The van der Waals surface area contributed by atoms with Crippen molar-refractivity contribution in [1.29, 1.82) is 0 Å². The van der Waals surface area contributed by atoms with Gasteiger partial charge in [0.05, 0.1) is 0 Å². The molecule has 0 amide bonds. The second-order valence-corrected chi connectivity index (χ2v) is 4.93. The first kappa shape index (κ1) is 13.5. The molecule has 2 heterocycles. The smallest absolute Gasteiger partial charge is 0.0270 e. The van der Waals surface area contributed by atoms with Gasteiger partial charge in [0.15, 0.2) is 0 Å². The molecule has 1 aromatic rings. The number of rotatable bonds is 5. The zero-order chi connectivity index (χ0) is 12.6. The second kappa shape index (κ2) is 7.46. The molecule has 0 aliphatic carbocycles. The van der Waals surface area contributed by atoms with Crippen LogP contribution in [-0.2, 0) is 6.42 Å². The maximum atomic E-state index is 5.62. The summed E-state index contributed by atoms with van der Waals surface area (Å²) >= 11 is 0. The molecule has 4 nitrogen and oxygen atoms in total. The Labute approximate surface area is 110 Å². The van der Waals surface area contributed by atoms with E-state index in [2.05, 4.69) is 26.9 Å². The molecule has 0 aromatic carbocycles. The molecule has 100 valence electrons. The topological polar surface area (TPSA) is 45.4 Å². The van der Waals surface area contributed by atoms with Crippen LogP contribution in [0.2, 0.25) is 0 Å². The molecule has 1 aromatic heterocycles. The monoisotopic (exact) mass is 248 g/mol. The molecule has 4 heteroatoms. The number of aromatic nitrogens is 1. The van der Waals surface area contributed by atoms with Crippen LogP contribution in [0.15, 0.2) is 24.5 Å². The lowest BCUT2D eigenvalue weighted by Gasteiger charge is -2.21. The van der Waals surface area contributed by atoms with Gasteiger partial charge < -0.3 is 15.5 Å². The summed E-state index contributed by atoms with van der Waals surface area (Å²) in [7, 11) is 0. The van der Waals surface area contributed by atoms with Crippen molar-refractivity contribution in [3.8, 4) is 0 Å². The van der Waals surface area contributed by atoms with Crippen molar-refractivity contribution in [3.63, 3.8) is 0 Å². The van der Waals surface area contributed by atoms with Gasteiger partial charge in [-0.25, -0.2) is 0 Å². The van der Waals surface area contributed by atoms with Gasteiger partial charge in [-0.2, -0.15) is 0 Å². The highest BCUT2D eigenvalue weighted by Crippen LogP contribution is 2.05. The summed E-state index contributed by atoms with van der Waals surface area (Å²) in [5, 5.41) is 0. The van der Waals surface area contributed by atoms with Gasteiger partial charge in [0.2, 0.25) is 0 Å². The van der Waals surface area contributed by atoms with Gasteiger partial charge in [-0.15, -0.1) is 0 Å². The summed E-state index contributed by atoms with van der Waals surface area (Å²) in [6.45, 7) is 7.71. The van der Waals surface area contributed by atoms with E-state index >= 15 is 0 Å². The van der Waals surface area contributed by atoms with Crippen molar-refractivity contribution in [2.75, 3.05) is 45.8 Å². The molecule has 0 atom stereocenters. The van der Waals surface area contributed by atoms with Crippen molar-refractivity contribution in [2.24, 2.45) is 5.73 Å². The summed E-state index contributed by atoms with van der Waals surface area (Å²) in [4.78, 5) is 9.10. The zero-order valence-corrected chi connectivity index (χ0v) is 11.1. The predicted molar refractivity (Wildman–Crippen MR) is 74.5 cm³/mol. The lowest BCUT2D eigenvalue weighted by atomic mass is 10.2. The van der Waals surface area contributed by atoms with E-state index in [0.29, 0.717) is 0 Å². The van der Waals surface area contributed by atoms with E-state index < -0.39 is 0 Å². The Hall–Kier alpha value is -0.970.